The van der Waals surface area contributed by atoms with Crippen LogP contribution in [0.4, 0.5) is 0 Å². The van der Waals surface area contributed by atoms with E-state index in [9.17, 15) is 4.79 Å². The lowest BCUT2D eigenvalue weighted by atomic mass is 9.74. The van der Waals surface area contributed by atoms with Crippen LogP contribution in [0.2, 0.25) is 0 Å². The van der Waals surface area contributed by atoms with Crippen LogP contribution < -0.4 is 9.47 Å². The lowest BCUT2D eigenvalue weighted by molar-refractivity contribution is 0.0892. The van der Waals surface area contributed by atoms with Crippen LogP contribution in [0.3, 0.4) is 0 Å². The number of carbonyl (C=O) groups is 1. The number of Topliss-reactive ketones (excluding diaryl/α,β-unsaturated/α-hetero) is 1. The Hall–Kier alpha value is -2.00. The summed E-state index contributed by atoms with van der Waals surface area (Å²) >= 11 is 0. The van der Waals surface area contributed by atoms with Crippen LogP contribution >= 0.6 is 12.4 Å². The molecule has 0 aromatic heterocycles. The zero-order chi connectivity index (χ0) is 16.2. The quantitative estimate of drug-likeness (QED) is 0.720. The molecule has 0 N–H and O–H groups in total. The van der Waals surface area contributed by atoms with E-state index in [4.69, 9.17) is 9.47 Å². The fourth-order valence-corrected chi connectivity index (χ4v) is 2.58. The van der Waals surface area contributed by atoms with Gasteiger partial charge in [-0.25, -0.2) is 0 Å². The molecule has 0 fully saturated rings. The van der Waals surface area contributed by atoms with Gasteiger partial charge < -0.3 is 9.47 Å². The average molecular weight is 335 g/mol. The van der Waals surface area contributed by atoms with Crippen LogP contribution in [0.25, 0.3) is 0 Å². The maximum absolute atomic E-state index is 13.0. The normalized spacial score (nSPS) is 12.7. The second kappa shape index (κ2) is 8.02. The predicted octanol–water partition coefficient (Wildman–Crippen LogP) is 4.68. The van der Waals surface area contributed by atoms with E-state index in [1.165, 1.54) is 0 Å². The maximum Gasteiger partial charge on any atom is 0.173 e. The third kappa shape index (κ3) is 3.67. The van der Waals surface area contributed by atoms with Gasteiger partial charge >= 0.3 is 0 Å². The molecule has 0 aliphatic carbocycles. The largest absolute Gasteiger partial charge is 0.493 e. The molecule has 3 nitrogen and oxygen atoms in total. The van der Waals surface area contributed by atoms with E-state index >= 15 is 0 Å². The summed E-state index contributed by atoms with van der Waals surface area (Å²) < 4.78 is 10.6. The Kier molecular flexibility index (Phi) is 6.64. The minimum atomic E-state index is -0.596. The third-order valence-corrected chi connectivity index (χ3v) is 4.26. The standard InChI is InChI=1S/C19H22O3.ClH/c1-5-19(2,18(20)14-9-7-6-8-10-14)15-11-12-16(21-3)17(13-15)22-4;/h6-13H,5H2,1-4H3;1H. The molecule has 0 heterocycles. The van der Waals surface area contributed by atoms with Crippen molar-refractivity contribution >= 4 is 18.2 Å². The topological polar surface area (TPSA) is 35.5 Å². The number of ketones is 1. The fraction of sp³-hybridized carbons (Fsp3) is 0.316. The molecule has 0 aliphatic rings. The van der Waals surface area contributed by atoms with Crippen molar-refractivity contribution in [2.24, 2.45) is 0 Å². The second-order valence-electron chi connectivity index (χ2n) is 5.45. The summed E-state index contributed by atoms with van der Waals surface area (Å²) in [5.41, 5.74) is 1.06. The van der Waals surface area contributed by atoms with Crippen LogP contribution in [0.5, 0.6) is 11.5 Å². The Morgan fingerprint density at radius 2 is 1.61 bits per heavy atom. The van der Waals surface area contributed by atoms with Crippen LogP contribution in [0.1, 0.15) is 36.2 Å². The Labute approximate surface area is 144 Å². The molecule has 2 rings (SSSR count). The lowest BCUT2D eigenvalue weighted by Gasteiger charge is -2.28. The van der Waals surface area contributed by atoms with Gasteiger partial charge in [-0.05, 0) is 31.0 Å². The van der Waals surface area contributed by atoms with Gasteiger partial charge in [0.2, 0.25) is 0 Å². The molecule has 124 valence electrons. The minimum Gasteiger partial charge on any atom is -0.493 e. The van der Waals surface area contributed by atoms with E-state index < -0.39 is 5.41 Å². The molecule has 0 radical (unpaired) electrons. The highest BCUT2D eigenvalue weighted by molar-refractivity contribution is 6.03. The van der Waals surface area contributed by atoms with Gasteiger partial charge in [0.25, 0.3) is 0 Å². The minimum absolute atomic E-state index is 0. The number of rotatable bonds is 6. The van der Waals surface area contributed by atoms with Crippen molar-refractivity contribution in [2.45, 2.75) is 25.7 Å². The monoisotopic (exact) mass is 334 g/mol. The first kappa shape index (κ1) is 19.0. The molecule has 1 atom stereocenters. The molecule has 0 saturated carbocycles. The number of methoxy groups -OCH3 is 2. The van der Waals surface area contributed by atoms with Gasteiger partial charge in [-0.2, -0.15) is 0 Å². The molecule has 0 bridgehead atoms. The van der Waals surface area contributed by atoms with Gasteiger partial charge in [0, 0.05) is 5.56 Å². The second-order valence-corrected chi connectivity index (χ2v) is 5.45. The number of hydrogen-bond acceptors (Lipinski definition) is 3. The summed E-state index contributed by atoms with van der Waals surface area (Å²) in [5.74, 6) is 1.42. The predicted molar refractivity (Wildman–Crippen MR) is 95.2 cm³/mol. The van der Waals surface area contributed by atoms with E-state index in [0.29, 0.717) is 17.9 Å². The zero-order valence-corrected chi connectivity index (χ0v) is 14.8. The van der Waals surface area contributed by atoms with E-state index in [0.717, 1.165) is 11.1 Å². The SMILES string of the molecule is CCC(C)(C(=O)c1ccccc1)c1ccc(OC)c(OC)c1.Cl. The smallest absolute Gasteiger partial charge is 0.173 e. The molecule has 0 saturated heterocycles. The molecule has 0 spiro atoms. The number of ether oxygens (including phenoxy) is 2. The van der Waals surface area contributed by atoms with Crippen molar-refractivity contribution in [3.63, 3.8) is 0 Å². The Balaban J connectivity index is 0.00000264. The Morgan fingerprint density at radius 1 is 1.00 bits per heavy atom. The summed E-state index contributed by atoms with van der Waals surface area (Å²) in [7, 11) is 3.20. The van der Waals surface area contributed by atoms with Crippen LogP contribution in [0.15, 0.2) is 48.5 Å². The summed E-state index contributed by atoms with van der Waals surface area (Å²) in [6.45, 7) is 4.00. The van der Waals surface area contributed by atoms with Crippen molar-refractivity contribution in [1.82, 2.24) is 0 Å². The lowest BCUT2D eigenvalue weighted by Crippen LogP contribution is -2.32. The number of carbonyl (C=O) groups excluding carboxylic acids is 1. The van der Waals surface area contributed by atoms with E-state index in [2.05, 4.69) is 0 Å². The van der Waals surface area contributed by atoms with E-state index in [1.807, 2.05) is 62.4 Å². The van der Waals surface area contributed by atoms with Gasteiger partial charge in [0.05, 0.1) is 19.6 Å². The highest BCUT2D eigenvalue weighted by Crippen LogP contribution is 2.37. The summed E-state index contributed by atoms with van der Waals surface area (Å²) in [6.07, 6.45) is 0.705. The Bertz CT molecular complexity index is 655. The molecule has 0 amide bonds. The molecule has 2 aromatic rings. The first-order valence-electron chi connectivity index (χ1n) is 7.39. The van der Waals surface area contributed by atoms with Crippen LogP contribution in [-0.2, 0) is 5.41 Å². The molecule has 2 aromatic carbocycles. The van der Waals surface area contributed by atoms with Crippen LogP contribution in [0, 0.1) is 0 Å². The summed E-state index contributed by atoms with van der Waals surface area (Å²) in [4.78, 5) is 13.0. The maximum atomic E-state index is 13.0. The summed E-state index contributed by atoms with van der Waals surface area (Å²) in [5, 5.41) is 0. The van der Waals surface area contributed by atoms with Crippen molar-refractivity contribution in [2.75, 3.05) is 14.2 Å². The Morgan fingerprint density at radius 3 is 2.13 bits per heavy atom. The molecule has 4 heteroatoms. The van der Waals surface area contributed by atoms with Gasteiger partial charge in [-0.3, -0.25) is 4.79 Å². The van der Waals surface area contributed by atoms with Gasteiger partial charge in [0.15, 0.2) is 17.3 Å². The third-order valence-electron chi connectivity index (χ3n) is 4.26. The average Bonchev–Trinajstić information content (AvgIpc) is 2.60. The van der Waals surface area contributed by atoms with E-state index in [1.54, 1.807) is 14.2 Å². The number of halogens is 1. The number of hydrogen-bond donors (Lipinski definition) is 0. The van der Waals surface area contributed by atoms with Crippen molar-refractivity contribution in [1.29, 1.82) is 0 Å². The molecular formula is C19H23ClO3. The molecule has 1 unspecified atom stereocenters. The van der Waals surface area contributed by atoms with Gasteiger partial charge in [-0.1, -0.05) is 43.3 Å². The highest BCUT2D eigenvalue weighted by atomic mass is 35.5. The van der Waals surface area contributed by atoms with Crippen molar-refractivity contribution in [3.8, 4) is 11.5 Å². The van der Waals surface area contributed by atoms with Crippen molar-refractivity contribution < 1.29 is 14.3 Å². The van der Waals surface area contributed by atoms with Crippen molar-refractivity contribution in [3.05, 3.63) is 59.7 Å². The molecule has 0 aliphatic heterocycles. The first-order valence-corrected chi connectivity index (χ1v) is 7.39. The highest BCUT2D eigenvalue weighted by Gasteiger charge is 2.34. The van der Waals surface area contributed by atoms with Gasteiger partial charge in [0.1, 0.15) is 0 Å². The van der Waals surface area contributed by atoms with E-state index in [-0.39, 0.29) is 18.2 Å². The molecular weight excluding hydrogens is 312 g/mol. The van der Waals surface area contributed by atoms with Crippen LogP contribution in [-0.4, -0.2) is 20.0 Å². The summed E-state index contributed by atoms with van der Waals surface area (Å²) in [6, 6.07) is 15.1. The number of benzene rings is 2. The first-order chi connectivity index (χ1) is 10.6. The molecule has 23 heavy (non-hydrogen) atoms. The zero-order valence-electron chi connectivity index (χ0n) is 14.0. The van der Waals surface area contributed by atoms with Gasteiger partial charge in [-0.15, -0.1) is 12.4 Å². The fourth-order valence-electron chi connectivity index (χ4n) is 2.58.